The lowest BCUT2D eigenvalue weighted by Crippen LogP contribution is -2.56. The van der Waals surface area contributed by atoms with E-state index in [0.29, 0.717) is 49.6 Å². The molecule has 13 heteroatoms. The van der Waals surface area contributed by atoms with Crippen LogP contribution in [-0.2, 0) is 20.3 Å². The largest absolute Gasteiger partial charge is 0.381 e. The zero-order valence-corrected chi connectivity index (χ0v) is 23.7. The number of amides is 1. The van der Waals surface area contributed by atoms with Crippen molar-refractivity contribution in [2.45, 2.75) is 72.7 Å². The van der Waals surface area contributed by atoms with Crippen LogP contribution >= 0.6 is 11.6 Å². The highest BCUT2D eigenvalue weighted by molar-refractivity contribution is 7.85. The Hall–Kier alpha value is -2.75. The summed E-state index contributed by atoms with van der Waals surface area (Å²) in [5.41, 5.74) is 0.545. The molecule has 3 atom stereocenters. The van der Waals surface area contributed by atoms with Crippen molar-refractivity contribution in [3.8, 4) is 6.07 Å². The topological polar surface area (TPSA) is 103 Å². The van der Waals surface area contributed by atoms with E-state index < -0.39 is 33.6 Å². The molecule has 1 unspecified atom stereocenters. The van der Waals surface area contributed by atoms with Gasteiger partial charge in [0.2, 0.25) is 5.91 Å². The molecule has 1 aliphatic carbocycles. The second kappa shape index (κ2) is 10.3. The van der Waals surface area contributed by atoms with E-state index in [1.165, 1.54) is 4.90 Å². The summed E-state index contributed by atoms with van der Waals surface area (Å²) < 4.78 is 48.1. The third-order valence-electron chi connectivity index (χ3n) is 8.21. The first kappa shape index (κ1) is 27.4. The highest BCUT2D eigenvalue weighted by Gasteiger charge is 2.49. The SMILES string of the molecule is Cc1cc(N2C[C@H](S(=O)c3ccc(N4CC(F)(F)C4)cc3Cl)C[C@H]2C(=O)NC2(C#N)CC2)n(C2CCOCC2)n1. The van der Waals surface area contributed by atoms with Crippen LogP contribution in [0.1, 0.15) is 43.8 Å². The van der Waals surface area contributed by atoms with Crippen LogP contribution in [0.3, 0.4) is 0 Å². The summed E-state index contributed by atoms with van der Waals surface area (Å²) in [6.07, 6.45) is 3.13. The Labute approximate surface area is 238 Å². The molecule has 2 aromatic rings. The number of halogens is 3. The van der Waals surface area contributed by atoms with Crippen molar-refractivity contribution in [1.29, 1.82) is 5.26 Å². The molecule has 1 amide bonds. The Morgan fingerprint density at radius 1 is 1.25 bits per heavy atom. The maximum Gasteiger partial charge on any atom is 0.282 e. The van der Waals surface area contributed by atoms with Crippen LogP contribution in [0, 0.1) is 18.3 Å². The molecule has 3 aliphatic heterocycles. The Morgan fingerprint density at radius 2 is 1.98 bits per heavy atom. The van der Waals surface area contributed by atoms with Crippen molar-refractivity contribution < 1.29 is 22.5 Å². The van der Waals surface area contributed by atoms with Gasteiger partial charge in [-0.05, 0) is 57.2 Å². The number of ether oxygens (including phenoxy) is 1. The monoisotopic (exact) mass is 592 g/mol. The molecule has 6 rings (SSSR count). The van der Waals surface area contributed by atoms with Crippen molar-refractivity contribution >= 4 is 39.8 Å². The summed E-state index contributed by atoms with van der Waals surface area (Å²) in [6.45, 7) is 2.76. The molecule has 3 saturated heterocycles. The van der Waals surface area contributed by atoms with E-state index in [-0.39, 0.29) is 30.1 Å². The number of anilines is 2. The zero-order valence-electron chi connectivity index (χ0n) is 22.1. The van der Waals surface area contributed by atoms with Gasteiger partial charge in [-0.3, -0.25) is 9.00 Å². The van der Waals surface area contributed by atoms with Crippen molar-refractivity contribution in [2.24, 2.45) is 0 Å². The van der Waals surface area contributed by atoms with Gasteiger partial charge in [-0.25, -0.2) is 13.5 Å². The lowest BCUT2D eigenvalue weighted by atomic mass is 10.1. The number of rotatable bonds is 7. The number of carbonyl (C=O) groups is 1. The van der Waals surface area contributed by atoms with Crippen molar-refractivity contribution in [3.05, 3.63) is 35.0 Å². The van der Waals surface area contributed by atoms with Gasteiger partial charge >= 0.3 is 0 Å². The molecule has 4 fully saturated rings. The van der Waals surface area contributed by atoms with Crippen LogP contribution in [0.2, 0.25) is 5.02 Å². The molecule has 1 saturated carbocycles. The molecule has 40 heavy (non-hydrogen) atoms. The molecule has 0 radical (unpaired) electrons. The molecular weight excluding hydrogens is 562 g/mol. The molecule has 4 heterocycles. The zero-order chi connectivity index (χ0) is 28.2. The summed E-state index contributed by atoms with van der Waals surface area (Å²) >= 11 is 6.53. The summed E-state index contributed by atoms with van der Waals surface area (Å²) in [4.78, 5) is 17.5. The van der Waals surface area contributed by atoms with Crippen LogP contribution in [0.15, 0.2) is 29.2 Å². The van der Waals surface area contributed by atoms with Crippen LogP contribution < -0.4 is 15.1 Å². The van der Waals surface area contributed by atoms with Gasteiger partial charge < -0.3 is 19.9 Å². The average molecular weight is 593 g/mol. The van der Waals surface area contributed by atoms with Gasteiger partial charge in [0.05, 0.1) is 56.9 Å². The number of benzene rings is 1. The Bertz CT molecular complexity index is 1380. The van der Waals surface area contributed by atoms with Gasteiger partial charge in [-0.2, -0.15) is 10.4 Å². The van der Waals surface area contributed by atoms with E-state index >= 15 is 0 Å². The molecule has 9 nitrogen and oxygen atoms in total. The Balaban J connectivity index is 1.27. The number of alkyl halides is 2. The van der Waals surface area contributed by atoms with Gasteiger partial charge in [0.1, 0.15) is 17.4 Å². The quantitative estimate of drug-likeness (QED) is 0.524. The summed E-state index contributed by atoms with van der Waals surface area (Å²) in [6, 6.07) is 8.52. The third-order valence-corrected chi connectivity index (χ3v) is 10.4. The normalized spacial score (nSPS) is 26.2. The minimum absolute atomic E-state index is 0.121. The minimum atomic E-state index is -2.71. The van der Waals surface area contributed by atoms with Crippen molar-refractivity contribution in [3.63, 3.8) is 0 Å². The van der Waals surface area contributed by atoms with Gasteiger partial charge in [-0.1, -0.05) is 11.6 Å². The van der Waals surface area contributed by atoms with Crippen LogP contribution in [0.5, 0.6) is 0 Å². The standard InChI is InChI=1S/C27H31ClF2N6O3S/c1-17-10-24(36(33-17)18-4-8-39-9-5-18)35-13-20(12-22(35)25(37)32-26(14-31)6-7-26)40(38)23-3-2-19(11-21(23)28)34-15-27(29,30)16-34/h2-3,10-11,18,20,22H,4-9,12-13,15-16H2,1H3,(H,32,37)/t20-,22+,40?/m1/s1. The number of hydrogen-bond acceptors (Lipinski definition) is 7. The maximum absolute atomic E-state index is 13.9. The number of nitriles is 1. The fourth-order valence-corrected chi connectivity index (χ4v) is 7.67. The van der Waals surface area contributed by atoms with Gasteiger partial charge in [0, 0.05) is 31.5 Å². The van der Waals surface area contributed by atoms with Gasteiger partial charge in [0.25, 0.3) is 5.92 Å². The fraction of sp³-hybridized carbons (Fsp3) is 0.593. The fourth-order valence-electron chi connectivity index (χ4n) is 5.80. The summed E-state index contributed by atoms with van der Waals surface area (Å²) in [7, 11) is -1.57. The predicted molar refractivity (Wildman–Crippen MR) is 146 cm³/mol. The number of aromatic nitrogens is 2. The molecule has 1 aromatic carbocycles. The average Bonchev–Trinajstić information content (AvgIpc) is 3.36. The molecule has 214 valence electrons. The third kappa shape index (κ3) is 5.19. The number of carbonyl (C=O) groups excluding carboxylic acids is 1. The predicted octanol–water partition coefficient (Wildman–Crippen LogP) is 3.58. The maximum atomic E-state index is 13.9. The van der Waals surface area contributed by atoms with Gasteiger partial charge in [-0.15, -0.1) is 0 Å². The first-order valence-corrected chi connectivity index (χ1v) is 15.1. The second-order valence-corrected chi connectivity index (χ2v) is 13.4. The second-order valence-electron chi connectivity index (χ2n) is 11.3. The number of aryl methyl sites for hydroxylation is 1. The van der Waals surface area contributed by atoms with E-state index in [2.05, 4.69) is 11.4 Å². The molecule has 0 bridgehead atoms. The van der Waals surface area contributed by atoms with E-state index in [9.17, 15) is 23.0 Å². The molecule has 0 spiro atoms. The van der Waals surface area contributed by atoms with Gasteiger partial charge in [0.15, 0.2) is 0 Å². The van der Waals surface area contributed by atoms with Crippen LogP contribution in [-0.4, -0.2) is 75.5 Å². The van der Waals surface area contributed by atoms with Crippen molar-refractivity contribution in [1.82, 2.24) is 15.1 Å². The molecule has 4 aliphatic rings. The van der Waals surface area contributed by atoms with Crippen LogP contribution in [0.25, 0.3) is 0 Å². The van der Waals surface area contributed by atoms with Crippen LogP contribution in [0.4, 0.5) is 20.3 Å². The first-order valence-electron chi connectivity index (χ1n) is 13.5. The van der Waals surface area contributed by atoms with E-state index in [1.54, 1.807) is 18.2 Å². The number of hydrogen-bond donors (Lipinski definition) is 1. The molecule has 1 aromatic heterocycles. The van der Waals surface area contributed by atoms with Crippen molar-refractivity contribution in [2.75, 3.05) is 42.6 Å². The lowest BCUT2D eigenvalue weighted by molar-refractivity contribution is -0.122. The molecule has 1 N–H and O–H groups in total. The number of nitrogens with one attached hydrogen (secondary N) is 1. The Kier molecular flexibility index (Phi) is 7.04. The Morgan fingerprint density at radius 3 is 2.60 bits per heavy atom. The first-order chi connectivity index (χ1) is 19.1. The number of nitrogens with zero attached hydrogens (tertiary/aromatic N) is 5. The van der Waals surface area contributed by atoms with E-state index in [0.717, 1.165) is 24.4 Å². The highest BCUT2D eigenvalue weighted by atomic mass is 35.5. The smallest absolute Gasteiger partial charge is 0.282 e. The molecular formula is C27H31ClF2N6O3S. The lowest BCUT2D eigenvalue weighted by Gasteiger charge is -2.40. The highest BCUT2D eigenvalue weighted by Crippen LogP contribution is 2.39. The summed E-state index contributed by atoms with van der Waals surface area (Å²) in [5, 5.41) is 17.1. The summed E-state index contributed by atoms with van der Waals surface area (Å²) in [5.74, 6) is -2.20. The minimum Gasteiger partial charge on any atom is -0.381 e. The van der Waals surface area contributed by atoms with E-state index in [1.807, 2.05) is 22.6 Å². The van der Waals surface area contributed by atoms with E-state index in [4.69, 9.17) is 21.4 Å².